The molecule has 0 atom stereocenters. The van der Waals surface area contributed by atoms with Crippen LogP contribution in [0.25, 0.3) is 0 Å². The molecule has 178 valence electrons. The van der Waals surface area contributed by atoms with Crippen molar-refractivity contribution in [3.8, 4) is 0 Å². The largest absolute Gasteiger partial charge is 0.465 e. The van der Waals surface area contributed by atoms with Crippen LogP contribution in [0.4, 0.5) is 11.4 Å². The van der Waals surface area contributed by atoms with Crippen molar-refractivity contribution in [2.24, 2.45) is 0 Å². The Labute approximate surface area is 215 Å². The van der Waals surface area contributed by atoms with Crippen LogP contribution in [-0.2, 0) is 19.6 Å². The first-order valence-electron chi connectivity index (χ1n) is 9.47. The lowest BCUT2D eigenvalue weighted by atomic mass is 10.1. The molecule has 0 bridgehead atoms. The molecule has 0 aliphatic heterocycles. The third-order valence-electron chi connectivity index (χ3n) is 4.32. The molecule has 0 heterocycles. The number of anilines is 2. The zero-order valence-corrected chi connectivity index (χ0v) is 21.4. The maximum atomic E-state index is 12.5. The van der Waals surface area contributed by atoms with Gasteiger partial charge < -0.3 is 10.1 Å². The van der Waals surface area contributed by atoms with Gasteiger partial charge in [-0.1, -0.05) is 34.8 Å². The van der Waals surface area contributed by atoms with Crippen LogP contribution in [0.5, 0.6) is 0 Å². The SMILES string of the molecule is COC(=O)c1c(Cl)cc(Cl)cc1NC(=O)CSc1ccc(NS(=O)(=O)c2ccc(Cl)cc2)cc1. The van der Waals surface area contributed by atoms with Gasteiger partial charge >= 0.3 is 5.97 Å². The molecule has 0 radical (unpaired) electrons. The van der Waals surface area contributed by atoms with E-state index in [1.807, 2.05) is 0 Å². The fraction of sp³-hybridized carbons (Fsp3) is 0.0909. The molecule has 34 heavy (non-hydrogen) atoms. The van der Waals surface area contributed by atoms with E-state index in [1.54, 1.807) is 24.3 Å². The molecular formula is C22H17Cl3N2O5S2. The number of nitrogens with one attached hydrogen (secondary N) is 2. The number of ether oxygens (including phenoxy) is 1. The molecule has 3 aromatic carbocycles. The minimum Gasteiger partial charge on any atom is -0.465 e. The number of halogens is 3. The molecule has 12 heteroatoms. The second-order valence-corrected chi connectivity index (χ2v) is 10.7. The van der Waals surface area contributed by atoms with Crippen LogP contribution in [0, 0.1) is 0 Å². The Hall–Kier alpha value is -2.43. The number of amides is 1. The molecule has 0 aliphatic carbocycles. The van der Waals surface area contributed by atoms with E-state index in [0.717, 1.165) is 4.90 Å². The van der Waals surface area contributed by atoms with Gasteiger partial charge in [-0.15, -0.1) is 11.8 Å². The van der Waals surface area contributed by atoms with Crippen molar-refractivity contribution in [3.05, 3.63) is 81.3 Å². The van der Waals surface area contributed by atoms with E-state index in [-0.39, 0.29) is 31.9 Å². The smallest absolute Gasteiger partial charge is 0.341 e. The van der Waals surface area contributed by atoms with Crippen molar-refractivity contribution in [2.75, 3.05) is 22.9 Å². The quantitative estimate of drug-likeness (QED) is 0.261. The van der Waals surface area contributed by atoms with Crippen molar-refractivity contribution in [1.29, 1.82) is 0 Å². The lowest BCUT2D eigenvalue weighted by Gasteiger charge is -2.12. The van der Waals surface area contributed by atoms with Gasteiger partial charge in [-0.25, -0.2) is 13.2 Å². The number of sulfonamides is 1. The van der Waals surface area contributed by atoms with E-state index in [0.29, 0.717) is 10.7 Å². The monoisotopic (exact) mass is 558 g/mol. The normalized spacial score (nSPS) is 11.1. The molecule has 0 spiro atoms. The van der Waals surface area contributed by atoms with Crippen molar-refractivity contribution < 1.29 is 22.7 Å². The van der Waals surface area contributed by atoms with Gasteiger partial charge in [0.25, 0.3) is 10.0 Å². The molecule has 0 unspecified atom stereocenters. The van der Waals surface area contributed by atoms with Crippen LogP contribution < -0.4 is 10.0 Å². The number of esters is 1. The number of carbonyl (C=O) groups is 2. The third-order valence-corrected chi connectivity index (χ3v) is 7.50. The summed E-state index contributed by atoms with van der Waals surface area (Å²) in [4.78, 5) is 25.2. The van der Waals surface area contributed by atoms with Gasteiger partial charge in [-0.3, -0.25) is 9.52 Å². The summed E-state index contributed by atoms with van der Waals surface area (Å²) in [6, 6.07) is 15.1. The van der Waals surface area contributed by atoms with Crippen molar-refractivity contribution in [3.63, 3.8) is 0 Å². The van der Waals surface area contributed by atoms with Crippen LogP contribution in [0.3, 0.4) is 0 Å². The van der Waals surface area contributed by atoms with Crippen LogP contribution >= 0.6 is 46.6 Å². The molecule has 0 saturated carbocycles. The second kappa shape index (κ2) is 11.3. The highest BCUT2D eigenvalue weighted by molar-refractivity contribution is 8.00. The number of rotatable bonds is 8. The molecule has 0 fully saturated rings. The first kappa shape index (κ1) is 26.2. The average Bonchev–Trinajstić information content (AvgIpc) is 2.78. The molecule has 0 aliphatic rings. The number of methoxy groups -OCH3 is 1. The van der Waals surface area contributed by atoms with Gasteiger partial charge in [0.15, 0.2) is 0 Å². The minimum atomic E-state index is -3.76. The molecule has 0 saturated heterocycles. The summed E-state index contributed by atoms with van der Waals surface area (Å²) in [6.45, 7) is 0. The fourth-order valence-corrected chi connectivity index (χ4v) is 5.22. The highest BCUT2D eigenvalue weighted by Gasteiger charge is 2.19. The highest BCUT2D eigenvalue weighted by atomic mass is 35.5. The molecule has 3 rings (SSSR count). The van der Waals surface area contributed by atoms with Crippen molar-refractivity contribution >= 4 is 79.8 Å². The number of carbonyl (C=O) groups excluding carboxylic acids is 2. The number of hydrogen-bond donors (Lipinski definition) is 2. The minimum absolute atomic E-state index is 0.00393. The van der Waals surface area contributed by atoms with Gasteiger partial charge in [-0.2, -0.15) is 0 Å². The van der Waals surface area contributed by atoms with E-state index >= 15 is 0 Å². The molecule has 1 amide bonds. The molecular weight excluding hydrogens is 543 g/mol. The van der Waals surface area contributed by atoms with Crippen molar-refractivity contribution in [2.45, 2.75) is 9.79 Å². The number of thioether (sulfide) groups is 1. The summed E-state index contributed by atoms with van der Waals surface area (Å²) in [6.07, 6.45) is 0. The number of hydrogen-bond acceptors (Lipinski definition) is 6. The zero-order chi connectivity index (χ0) is 24.9. The summed E-state index contributed by atoms with van der Waals surface area (Å²) >= 11 is 19.1. The van der Waals surface area contributed by atoms with E-state index < -0.39 is 21.9 Å². The topological polar surface area (TPSA) is 102 Å². The summed E-state index contributed by atoms with van der Waals surface area (Å²) in [5, 5.41) is 3.35. The number of benzene rings is 3. The maximum absolute atomic E-state index is 12.5. The Morgan fingerprint density at radius 3 is 2.21 bits per heavy atom. The Balaban J connectivity index is 1.62. The standard InChI is InChI=1S/C22H17Cl3N2O5S2/c1-32-22(29)21-18(25)10-14(24)11-19(21)26-20(28)12-33-16-6-4-15(5-7-16)27-34(30,31)17-8-2-13(23)3-9-17/h2-11,27H,12H2,1H3,(H,26,28). The van der Waals surface area contributed by atoms with Crippen LogP contribution in [0.1, 0.15) is 10.4 Å². The van der Waals surface area contributed by atoms with Crippen LogP contribution in [-0.4, -0.2) is 33.2 Å². The Morgan fingerprint density at radius 1 is 0.941 bits per heavy atom. The van der Waals surface area contributed by atoms with Gasteiger partial charge in [0, 0.05) is 20.6 Å². The van der Waals surface area contributed by atoms with E-state index in [9.17, 15) is 18.0 Å². The predicted octanol–water partition coefficient (Wildman–Crippen LogP) is 5.97. The Bertz CT molecular complexity index is 1320. The summed E-state index contributed by atoms with van der Waals surface area (Å²) in [7, 11) is -2.56. The fourth-order valence-electron chi connectivity index (χ4n) is 2.76. The summed E-state index contributed by atoms with van der Waals surface area (Å²) in [5.74, 6) is -1.09. The Kier molecular flexibility index (Phi) is 8.72. The van der Waals surface area contributed by atoms with E-state index in [2.05, 4.69) is 10.0 Å². The first-order chi connectivity index (χ1) is 16.1. The molecule has 7 nitrogen and oxygen atoms in total. The zero-order valence-electron chi connectivity index (χ0n) is 17.5. The molecule has 0 aromatic heterocycles. The summed E-state index contributed by atoms with van der Waals surface area (Å²) in [5.41, 5.74) is 0.506. The third kappa shape index (κ3) is 6.80. The first-order valence-corrected chi connectivity index (χ1v) is 13.1. The lowest BCUT2D eigenvalue weighted by molar-refractivity contribution is -0.113. The van der Waals surface area contributed by atoms with Crippen molar-refractivity contribution in [1.82, 2.24) is 0 Å². The van der Waals surface area contributed by atoms with Gasteiger partial charge in [-0.05, 0) is 60.7 Å². The second-order valence-electron chi connectivity index (χ2n) is 6.72. The highest BCUT2D eigenvalue weighted by Crippen LogP contribution is 2.30. The molecule has 2 N–H and O–H groups in total. The predicted molar refractivity (Wildman–Crippen MR) is 136 cm³/mol. The van der Waals surface area contributed by atoms with Gasteiger partial charge in [0.2, 0.25) is 5.91 Å². The van der Waals surface area contributed by atoms with Crippen LogP contribution in [0.2, 0.25) is 15.1 Å². The summed E-state index contributed by atoms with van der Waals surface area (Å²) < 4.78 is 32.1. The Morgan fingerprint density at radius 2 is 1.59 bits per heavy atom. The molecule has 3 aromatic rings. The van der Waals surface area contributed by atoms with Gasteiger partial charge in [0.1, 0.15) is 5.56 Å². The maximum Gasteiger partial charge on any atom is 0.341 e. The average molecular weight is 560 g/mol. The van der Waals surface area contributed by atoms with E-state index in [1.165, 1.54) is 55.3 Å². The van der Waals surface area contributed by atoms with Crippen LogP contribution in [0.15, 0.2) is 70.5 Å². The van der Waals surface area contributed by atoms with E-state index in [4.69, 9.17) is 39.5 Å². The van der Waals surface area contributed by atoms with Gasteiger partial charge in [0.05, 0.1) is 28.5 Å². The lowest BCUT2D eigenvalue weighted by Crippen LogP contribution is -2.17.